The average Bonchev–Trinajstić information content (AvgIpc) is 2.30. The van der Waals surface area contributed by atoms with Crippen molar-refractivity contribution in [3.63, 3.8) is 0 Å². The first kappa shape index (κ1) is 8.46. The van der Waals surface area contributed by atoms with Crippen molar-refractivity contribution >= 4 is 17.7 Å². The number of thioether (sulfide) groups is 1. The van der Waals surface area contributed by atoms with Crippen molar-refractivity contribution in [1.29, 1.82) is 0 Å². The van der Waals surface area contributed by atoms with Crippen molar-refractivity contribution in [1.82, 2.24) is 5.32 Å². The van der Waals surface area contributed by atoms with Crippen LogP contribution in [0.1, 0.15) is 20.3 Å². The molecule has 0 aliphatic carbocycles. The van der Waals surface area contributed by atoms with E-state index in [-0.39, 0.29) is 5.37 Å². The number of nitrogens with one attached hydrogen (secondary N) is 1. The maximum Gasteiger partial charge on any atom is 0.344 e. The molecule has 62 valence electrons. The van der Waals surface area contributed by atoms with Gasteiger partial charge in [0.25, 0.3) is 0 Å². The minimum atomic E-state index is -0.816. The molecule has 11 heavy (non-hydrogen) atoms. The van der Waals surface area contributed by atoms with Gasteiger partial charge in [-0.25, -0.2) is 4.79 Å². The van der Waals surface area contributed by atoms with Gasteiger partial charge in [0.2, 0.25) is 0 Å². The minimum Gasteiger partial charge on any atom is -0.477 e. The number of carboxylic acid groups (broad SMARTS) is 1. The fourth-order valence-corrected chi connectivity index (χ4v) is 2.03. The van der Waals surface area contributed by atoms with E-state index in [0.717, 1.165) is 12.1 Å². The summed E-state index contributed by atoms with van der Waals surface area (Å²) in [5.41, 5.74) is 0.856. The van der Waals surface area contributed by atoms with Gasteiger partial charge in [-0.1, -0.05) is 18.7 Å². The van der Waals surface area contributed by atoms with Crippen LogP contribution >= 0.6 is 11.8 Å². The topological polar surface area (TPSA) is 49.3 Å². The van der Waals surface area contributed by atoms with Crippen LogP contribution in [0.5, 0.6) is 0 Å². The molecule has 0 aromatic rings. The van der Waals surface area contributed by atoms with Crippen LogP contribution in [0, 0.1) is 0 Å². The maximum absolute atomic E-state index is 10.6. The number of rotatable bonds is 2. The van der Waals surface area contributed by atoms with E-state index in [9.17, 15) is 4.79 Å². The Kier molecular flexibility index (Phi) is 2.44. The van der Waals surface area contributed by atoms with Gasteiger partial charge in [-0.15, -0.1) is 0 Å². The van der Waals surface area contributed by atoms with E-state index in [4.69, 9.17) is 5.11 Å². The quantitative estimate of drug-likeness (QED) is 0.662. The number of aliphatic carboxylic acids is 1. The van der Waals surface area contributed by atoms with Crippen LogP contribution < -0.4 is 5.32 Å². The largest absolute Gasteiger partial charge is 0.477 e. The molecule has 1 heterocycles. The fourth-order valence-electron chi connectivity index (χ4n) is 1.03. The third-order valence-electron chi connectivity index (χ3n) is 1.49. The molecule has 0 aromatic heterocycles. The Bertz CT molecular complexity index is 212. The lowest BCUT2D eigenvalue weighted by molar-refractivity contribution is -0.131. The molecule has 1 unspecified atom stereocenters. The molecule has 3 nitrogen and oxygen atoms in total. The number of carboxylic acids is 1. The van der Waals surface area contributed by atoms with E-state index < -0.39 is 5.97 Å². The molecular weight excluding hydrogens is 162 g/mol. The van der Waals surface area contributed by atoms with E-state index >= 15 is 0 Å². The van der Waals surface area contributed by atoms with Gasteiger partial charge >= 0.3 is 5.97 Å². The van der Waals surface area contributed by atoms with Crippen LogP contribution in [0.2, 0.25) is 0 Å². The summed E-state index contributed by atoms with van der Waals surface area (Å²) >= 11 is 1.38. The van der Waals surface area contributed by atoms with E-state index in [2.05, 4.69) is 5.32 Å². The van der Waals surface area contributed by atoms with Crippen LogP contribution in [0.25, 0.3) is 0 Å². The van der Waals surface area contributed by atoms with Crippen molar-refractivity contribution in [2.75, 3.05) is 0 Å². The van der Waals surface area contributed by atoms with E-state index in [1.54, 1.807) is 0 Å². The Morgan fingerprint density at radius 3 is 2.82 bits per heavy atom. The average molecular weight is 173 g/mol. The first-order valence-corrected chi connectivity index (χ1v) is 4.42. The predicted octanol–water partition coefficient (Wildman–Crippen LogP) is 1.37. The van der Waals surface area contributed by atoms with Gasteiger partial charge in [0.1, 0.15) is 4.91 Å². The molecular formula is C7H11NO2S. The summed E-state index contributed by atoms with van der Waals surface area (Å²) in [7, 11) is 0. The number of hydrogen-bond acceptors (Lipinski definition) is 3. The molecule has 2 N–H and O–H groups in total. The highest BCUT2D eigenvalue weighted by Crippen LogP contribution is 2.31. The van der Waals surface area contributed by atoms with Crippen molar-refractivity contribution in [2.45, 2.75) is 25.6 Å². The maximum atomic E-state index is 10.6. The van der Waals surface area contributed by atoms with Gasteiger partial charge in [0, 0.05) is 5.70 Å². The van der Waals surface area contributed by atoms with E-state index in [1.165, 1.54) is 11.8 Å². The molecule has 1 atom stereocenters. The van der Waals surface area contributed by atoms with Crippen LogP contribution in [0.3, 0.4) is 0 Å². The molecule has 0 radical (unpaired) electrons. The zero-order valence-corrected chi connectivity index (χ0v) is 7.36. The lowest BCUT2D eigenvalue weighted by Gasteiger charge is -2.02. The fraction of sp³-hybridized carbons (Fsp3) is 0.571. The van der Waals surface area contributed by atoms with Crippen LogP contribution in [0.4, 0.5) is 0 Å². The molecule has 0 spiro atoms. The number of carbonyl (C=O) groups is 1. The van der Waals surface area contributed by atoms with Crippen molar-refractivity contribution in [2.24, 2.45) is 0 Å². The molecule has 0 saturated heterocycles. The highest BCUT2D eigenvalue weighted by atomic mass is 32.2. The second-order valence-corrected chi connectivity index (χ2v) is 3.72. The molecule has 4 heteroatoms. The monoisotopic (exact) mass is 173 g/mol. The molecule has 0 amide bonds. The predicted molar refractivity (Wildman–Crippen MR) is 45.1 cm³/mol. The summed E-state index contributed by atoms with van der Waals surface area (Å²) in [4.78, 5) is 11.1. The molecule has 0 bridgehead atoms. The van der Waals surface area contributed by atoms with Gasteiger partial charge in [0.05, 0.1) is 5.37 Å². The summed E-state index contributed by atoms with van der Waals surface area (Å²) < 4.78 is 0. The molecule has 0 aromatic carbocycles. The van der Waals surface area contributed by atoms with Crippen molar-refractivity contribution in [3.05, 3.63) is 10.6 Å². The minimum absolute atomic E-state index is 0.205. The van der Waals surface area contributed by atoms with Gasteiger partial charge in [0.15, 0.2) is 0 Å². The van der Waals surface area contributed by atoms with Gasteiger partial charge in [-0.3, -0.25) is 0 Å². The lowest BCUT2D eigenvalue weighted by Crippen LogP contribution is -2.15. The zero-order chi connectivity index (χ0) is 8.43. The number of allylic oxidation sites excluding steroid dienone is 1. The summed E-state index contributed by atoms with van der Waals surface area (Å²) in [6.45, 7) is 3.90. The molecule has 0 saturated carbocycles. The third kappa shape index (κ3) is 1.68. The molecule has 1 aliphatic heterocycles. The third-order valence-corrected chi connectivity index (χ3v) is 2.62. The summed E-state index contributed by atoms with van der Waals surface area (Å²) in [6.07, 6.45) is 0.763. The highest BCUT2D eigenvalue weighted by Gasteiger charge is 2.24. The SMILES string of the molecule is CCC1=C(C(=O)O)SC(C)N1. The Morgan fingerprint density at radius 2 is 2.45 bits per heavy atom. The summed E-state index contributed by atoms with van der Waals surface area (Å²) in [6, 6.07) is 0. The lowest BCUT2D eigenvalue weighted by atomic mass is 10.3. The van der Waals surface area contributed by atoms with Gasteiger partial charge in [-0.2, -0.15) is 0 Å². The Hall–Kier alpha value is -0.640. The molecule has 1 aliphatic rings. The molecule has 0 fully saturated rings. The first-order chi connectivity index (χ1) is 5.15. The zero-order valence-electron chi connectivity index (χ0n) is 6.55. The second kappa shape index (κ2) is 3.17. The summed E-state index contributed by atoms with van der Waals surface area (Å²) in [5.74, 6) is -0.816. The smallest absolute Gasteiger partial charge is 0.344 e. The van der Waals surface area contributed by atoms with E-state index in [1.807, 2.05) is 13.8 Å². The van der Waals surface area contributed by atoms with Gasteiger partial charge < -0.3 is 10.4 Å². The number of hydrogen-bond donors (Lipinski definition) is 2. The first-order valence-electron chi connectivity index (χ1n) is 3.54. The molecule has 1 rings (SSSR count). The Balaban J connectivity index is 2.79. The standard InChI is InChI=1S/C7H11NO2S/c1-3-5-6(7(9)10)11-4(2)8-5/h4,8H,3H2,1-2H3,(H,9,10). The normalized spacial score (nSPS) is 23.6. The van der Waals surface area contributed by atoms with Gasteiger partial charge in [-0.05, 0) is 13.3 Å². The second-order valence-electron chi connectivity index (χ2n) is 2.37. The van der Waals surface area contributed by atoms with Crippen LogP contribution in [-0.4, -0.2) is 16.4 Å². The highest BCUT2D eigenvalue weighted by molar-refractivity contribution is 8.04. The Morgan fingerprint density at radius 1 is 1.82 bits per heavy atom. The van der Waals surface area contributed by atoms with Crippen molar-refractivity contribution < 1.29 is 9.90 Å². The van der Waals surface area contributed by atoms with E-state index in [0.29, 0.717) is 4.91 Å². The van der Waals surface area contributed by atoms with Crippen LogP contribution in [0.15, 0.2) is 10.6 Å². The van der Waals surface area contributed by atoms with Crippen LogP contribution in [-0.2, 0) is 4.79 Å². The Labute approximate surface area is 69.9 Å². The summed E-state index contributed by atoms with van der Waals surface area (Å²) in [5, 5.41) is 12.0. The van der Waals surface area contributed by atoms with Crippen molar-refractivity contribution in [3.8, 4) is 0 Å².